The highest BCUT2D eigenvalue weighted by molar-refractivity contribution is 6.21. The molecule has 246 valence electrons. The molecular formula is C42H44N2O4. The Bertz CT molecular complexity index is 1700. The minimum absolute atomic E-state index is 0.307. The number of carbonyl (C=O) groups is 4. The van der Waals surface area contributed by atoms with Crippen LogP contribution in [0, 0.1) is 53.4 Å². The van der Waals surface area contributed by atoms with E-state index in [0.717, 1.165) is 44.5 Å². The van der Waals surface area contributed by atoms with Gasteiger partial charge in [0.05, 0.1) is 0 Å². The van der Waals surface area contributed by atoms with Crippen LogP contribution in [0.4, 0.5) is 0 Å². The molecule has 2 unspecified atom stereocenters. The summed E-state index contributed by atoms with van der Waals surface area (Å²) in [6.07, 6.45) is 2.89. The fraction of sp³-hybridized carbons (Fsp3) is 0.286. The maximum absolute atomic E-state index is 13.9. The normalized spacial score (nSPS) is 14.1. The first-order valence-electron chi connectivity index (χ1n) is 16.2. The van der Waals surface area contributed by atoms with E-state index in [1.54, 1.807) is 0 Å². The van der Waals surface area contributed by atoms with Crippen molar-refractivity contribution in [2.75, 3.05) is 0 Å². The summed E-state index contributed by atoms with van der Waals surface area (Å²) in [4.78, 5) is 63.6. The van der Waals surface area contributed by atoms with Crippen LogP contribution >= 0.6 is 0 Å². The highest BCUT2D eigenvalue weighted by Gasteiger charge is 2.30. The molecule has 0 aliphatic rings. The van der Waals surface area contributed by atoms with Gasteiger partial charge in [0.25, 0.3) is 0 Å². The second kappa shape index (κ2) is 15.7. The van der Waals surface area contributed by atoms with Crippen LogP contribution in [0.1, 0.15) is 91.2 Å². The molecule has 0 saturated carbocycles. The van der Waals surface area contributed by atoms with Gasteiger partial charge in [0.15, 0.2) is 11.6 Å². The molecule has 48 heavy (non-hydrogen) atoms. The van der Waals surface area contributed by atoms with Gasteiger partial charge >= 0.3 is 0 Å². The molecule has 0 heterocycles. The molecule has 4 aromatic carbocycles. The maximum Gasteiger partial charge on any atom is 0.179 e. The summed E-state index contributed by atoms with van der Waals surface area (Å²) in [7, 11) is 0. The second-order valence-corrected chi connectivity index (χ2v) is 12.8. The van der Waals surface area contributed by atoms with E-state index in [4.69, 9.17) is 9.98 Å². The summed E-state index contributed by atoms with van der Waals surface area (Å²) in [6.45, 7) is 14.2. The van der Waals surface area contributed by atoms with Crippen molar-refractivity contribution in [2.24, 2.45) is 21.8 Å². The smallest absolute Gasteiger partial charge is 0.179 e. The largest absolute Gasteiger partial charge is 0.299 e. The van der Waals surface area contributed by atoms with Gasteiger partial charge in [-0.3, -0.25) is 29.2 Å². The van der Waals surface area contributed by atoms with Crippen LogP contribution in [-0.4, -0.2) is 35.6 Å². The Labute approximate surface area is 284 Å². The Hall–Kier alpha value is -5.10. The minimum Gasteiger partial charge on any atom is -0.299 e. The average Bonchev–Trinajstić information content (AvgIpc) is 3.01. The van der Waals surface area contributed by atoms with Crippen LogP contribution in [0.5, 0.6) is 0 Å². The molecule has 0 saturated heterocycles. The Morgan fingerprint density at radius 2 is 0.792 bits per heavy atom. The third-order valence-electron chi connectivity index (χ3n) is 8.66. The van der Waals surface area contributed by atoms with E-state index in [-0.39, 0.29) is 23.1 Å². The van der Waals surface area contributed by atoms with Gasteiger partial charge in [0, 0.05) is 23.6 Å². The first-order chi connectivity index (χ1) is 22.8. The van der Waals surface area contributed by atoms with Gasteiger partial charge in [-0.25, -0.2) is 0 Å². The quantitative estimate of drug-likeness (QED) is 0.0831. The van der Waals surface area contributed by atoms with E-state index in [1.165, 1.54) is 26.3 Å². The number of benzene rings is 4. The predicted molar refractivity (Wildman–Crippen MR) is 194 cm³/mol. The van der Waals surface area contributed by atoms with Gasteiger partial charge in [0.1, 0.15) is 35.5 Å². The number of ketones is 4. The average molecular weight is 641 g/mol. The third-order valence-corrected chi connectivity index (χ3v) is 8.66. The lowest BCUT2D eigenvalue weighted by molar-refractivity contribution is -0.118. The Kier molecular flexibility index (Phi) is 11.7. The van der Waals surface area contributed by atoms with Crippen LogP contribution in [0.2, 0.25) is 0 Å². The van der Waals surface area contributed by atoms with Crippen LogP contribution in [0.3, 0.4) is 0 Å². The van der Waals surface area contributed by atoms with Gasteiger partial charge in [0.2, 0.25) is 0 Å². The molecule has 0 fully saturated rings. The van der Waals surface area contributed by atoms with Crippen molar-refractivity contribution in [2.45, 2.75) is 67.5 Å². The zero-order valence-corrected chi connectivity index (χ0v) is 29.1. The number of hydrogen-bond acceptors (Lipinski definition) is 6. The zero-order chi connectivity index (χ0) is 35.1. The molecule has 0 aromatic heterocycles. The van der Waals surface area contributed by atoms with Gasteiger partial charge in [-0.2, -0.15) is 0 Å². The van der Waals surface area contributed by atoms with Crippen molar-refractivity contribution >= 4 is 35.6 Å². The van der Waals surface area contributed by atoms with Crippen LogP contribution in [0.15, 0.2) is 94.9 Å². The molecule has 4 aromatic rings. The fourth-order valence-electron chi connectivity index (χ4n) is 6.52. The predicted octanol–water partition coefficient (Wildman–Crippen LogP) is 8.64. The highest BCUT2D eigenvalue weighted by atomic mass is 16.2. The number of rotatable bonds is 13. The van der Waals surface area contributed by atoms with Crippen molar-refractivity contribution in [1.29, 1.82) is 0 Å². The molecule has 4 atom stereocenters. The number of Topliss-reactive ketones (excluding diaryl/α,β-unsaturated/α-hetero) is 4. The molecule has 0 aliphatic carbocycles. The first kappa shape index (κ1) is 35.7. The van der Waals surface area contributed by atoms with E-state index in [2.05, 4.69) is 0 Å². The lowest BCUT2D eigenvalue weighted by Crippen LogP contribution is -2.26. The van der Waals surface area contributed by atoms with Crippen LogP contribution < -0.4 is 0 Å². The number of carbonyl (C=O) groups excluding carboxylic acids is 4. The summed E-state index contributed by atoms with van der Waals surface area (Å²) in [5.41, 5.74) is 7.95. The van der Waals surface area contributed by atoms with Gasteiger partial charge in [-0.1, -0.05) is 96.1 Å². The molecule has 0 N–H and O–H groups in total. The zero-order valence-electron chi connectivity index (χ0n) is 29.1. The number of aryl methyl sites for hydroxylation is 6. The van der Waals surface area contributed by atoms with E-state index < -0.39 is 23.9 Å². The standard InChI is InChI=1S/C42H44N2O4/c1-25-19-27(3)37(28(4)20-25)41(47)35(31(7)45)23-43-39(33-15-11-9-12-16-33)40(34-17-13-10-14-18-34)44-24-36(32(8)46)42(48)38-29(5)21-26(2)22-30(38)6/h9-24,35-36,39-40H,1-8H3/t35?,36?,39-,40-/m1/s1. The molecule has 6 heteroatoms. The van der Waals surface area contributed by atoms with Crippen LogP contribution in [-0.2, 0) is 9.59 Å². The molecule has 0 bridgehead atoms. The Morgan fingerprint density at radius 3 is 1.06 bits per heavy atom. The first-order valence-corrected chi connectivity index (χ1v) is 16.2. The van der Waals surface area contributed by atoms with Gasteiger partial charge in [-0.05, 0) is 88.8 Å². The molecule has 0 radical (unpaired) electrons. The number of aliphatic imine (C=N–C) groups is 2. The minimum atomic E-state index is -1.10. The van der Waals surface area contributed by atoms with Crippen molar-refractivity contribution in [3.8, 4) is 0 Å². The third kappa shape index (κ3) is 8.24. The van der Waals surface area contributed by atoms with E-state index >= 15 is 0 Å². The lowest BCUT2D eigenvalue weighted by atomic mass is 9.88. The monoisotopic (exact) mass is 640 g/mol. The van der Waals surface area contributed by atoms with Crippen molar-refractivity contribution in [3.63, 3.8) is 0 Å². The Morgan fingerprint density at radius 1 is 0.500 bits per heavy atom. The number of nitrogens with zero attached hydrogens (tertiary/aromatic N) is 2. The summed E-state index contributed by atoms with van der Waals surface area (Å²) in [5.74, 6) is -3.45. The second-order valence-electron chi connectivity index (χ2n) is 12.8. The lowest BCUT2D eigenvalue weighted by Gasteiger charge is -2.23. The summed E-state index contributed by atoms with van der Waals surface area (Å²) in [5, 5.41) is 0. The molecule has 0 aliphatic heterocycles. The van der Waals surface area contributed by atoms with E-state index in [0.29, 0.717) is 11.1 Å². The van der Waals surface area contributed by atoms with E-state index in [9.17, 15) is 19.2 Å². The Balaban J connectivity index is 1.83. The van der Waals surface area contributed by atoms with Gasteiger partial charge in [-0.15, -0.1) is 0 Å². The number of hydrogen-bond donors (Lipinski definition) is 0. The molecular weight excluding hydrogens is 596 g/mol. The van der Waals surface area contributed by atoms with Crippen molar-refractivity contribution < 1.29 is 19.2 Å². The fourth-order valence-corrected chi connectivity index (χ4v) is 6.52. The van der Waals surface area contributed by atoms with Crippen molar-refractivity contribution in [1.82, 2.24) is 0 Å². The summed E-state index contributed by atoms with van der Waals surface area (Å²) < 4.78 is 0. The molecule has 4 rings (SSSR count). The summed E-state index contributed by atoms with van der Waals surface area (Å²) >= 11 is 0. The topological polar surface area (TPSA) is 93.0 Å². The van der Waals surface area contributed by atoms with Crippen molar-refractivity contribution in [3.05, 3.63) is 141 Å². The van der Waals surface area contributed by atoms with E-state index in [1.807, 2.05) is 126 Å². The maximum atomic E-state index is 13.9. The SMILES string of the molecule is CC(=O)C(C=N[C@H](c1ccccc1)[C@H](N=CC(C(C)=O)C(=O)c1c(C)cc(C)cc1C)c1ccccc1)C(=O)c1c(C)cc(C)cc1C. The van der Waals surface area contributed by atoms with Gasteiger partial charge < -0.3 is 0 Å². The highest BCUT2D eigenvalue weighted by Crippen LogP contribution is 2.36. The molecule has 6 nitrogen and oxygen atoms in total. The molecule has 0 amide bonds. The molecule has 0 spiro atoms. The summed E-state index contributed by atoms with van der Waals surface area (Å²) in [6, 6.07) is 25.4. The van der Waals surface area contributed by atoms with Crippen LogP contribution in [0.25, 0.3) is 0 Å².